The molecule has 0 radical (unpaired) electrons. The molecule has 0 amide bonds. The van der Waals surface area contributed by atoms with E-state index in [4.69, 9.17) is 22.2 Å². The molecule has 0 aromatic carbocycles. The van der Waals surface area contributed by atoms with Gasteiger partial charge in [-0.2, -0.15) is 9.97 Å². The third-order valence-corrected chi connectivity index (χ3v) is 5.83. The van der Waals surface area contributed by atoms with Gasteiger partial charge >= 0.3 is 0 Å². The monoisotopic (exact) mass is 374 g/mol. The van der Waals surface area contributed by atoms with Crippen molar-refractivity contribution in [3.05, 3.63) is 6.07 Å². The van der Waals surface area contributed by atoms with Gasteiger partial charge in [-0.1, -0.05) is 0 Å². The largest absolute Gasteiger partial charge is 0.360 e. The van der Waals surface area contributed by atoms with Crippen LogP contribution in [0.5, 0.6) is 0 Å². The maximum absolute atomic E-state index is 5.45. The molecule has 3 fully saturated rings. The average Bonchev–Trinajstić information content (AvgIpc) is 3.46. The van der Waals surface area contributed by atoms with Crippen LogP contribution in [0, 0.1) is 0 Å². The van der Waals surface area contributed by atoms with E-state index >= 15 is 0 Å². The molecule has 2 N–H and O–H groups in total. The first-order chi connectivity index (χ1) is 12.7. The highest BCUT2D eigenvalue weighted by Gasteiger charge is 2.24. The fourth-order valence-electron chi connectivity index (χ4n) is 3.90. The van der Waals surface area contributed by atoms with Crippen LogP contribution in [0.2, 0.25) is 0 Å². The summed E-state index contributed by atoms with van der Waals surface area (Å²) in [5, 5.41) is 7.19. The highest BCUT2D eigenvalue weighted by atomic mass is 32.1. The molecule has 0 bridgehead atoms. The summed E-state index contributed by atoms with van der Waals surface area (Å²) >= 11 is 5.45. The summed E-state index contributed by atoms with van der Waals surface area (Å²) in [6, 6.07) is 3.23. The van der Waals surface area contributed by atoms with Gasteiger partial charge < -0.3 is 20.4 Å². The fourth-order valence-corrected chi connectivity index (χ4v) is 4.16. The van der Waals surface area contributed by atoms with E-state index in [0.717, 1.165) is 31.3 Å². The Morgan fingerprint density at radius 2 is 1.73 bits per heavy atom. The highest BCUT2D eigenvalue weighted by molar-refractivity contribution is 7.80. The van der Waals surface area contributed by atoms with Crippen molar-refractivity contribution in [1.82, 2.24) is 15.3 Å². The van der Waals surface area contributed by atoms with Gasteiger partial charge in [-0.25, -0.2) is 0 Å². The number of nitrogens with zero attached hydrogens (tertiary/aromatic N) is 4. The second-order valence-electron chi connectivity index (χ2n) is 7.87. The van der Waals surface area contributed by atoms with Crippen LogP contribution in [0.4, 0.5) is 17.6 Å². The number of aromatic nitrogens is 2. The minimum absolute atomic E-state index is 0.525. The number of anilines is 3. The Kier molecular flexibility index (Phi) is 5.43. The molecule has 1 saturated carbocycles. The second-order valence-corrected chi connectivity index (χ2v) is 8.27. The predicted octanol–water partition coefficient (Wildman–Crippen LogP) is 3.29. The summed E-state index contributed by atoms with van der Waals surface area (Å²) in [7, 11) is 0. The van der Waals surface area contributed by atoms with Gasteiger partial charge in [0.05, 0.1) is 0 Å². The third-order valence-electron chi connectivity index (χ3n) is 5.61. The molecule has 2 saturated heterocycles. The summed E-state index contributed by atoms with van der Waals surface area (Å²) in [6.07, 6.45) is 9.97. The normalized spacial score (nSPS) is 23.7. The third kappa shape index (κ3) is 4.37. The van der Waals surface area contributed by atoms with Gasteiger partial charge in [-0.05, 0) is 70.5 Å². The minimum atomic E-state index is 0.525. The summed E-state index contributed by atoms with van der Waals surface area (Å²) in [5.41, 5.74) is 0. The quantitative estimate of drug-likeness (QED) is 0.784. The van der Waals surface area contributed by atoms with Gasteiger partial charge in [0, 0.05) is 37.8 Å². The summed E-state index contributed by atoms with van der Waals surface area (Å²) in [6.45, 7) is 5.53. The molecule has 2 aliphatic heterocycles. The zero-order valence-electron chi connectivity index (χ0n) is 15.7. The van der Waals surface area contributed by atoms with Gasteiger partial charge in [0.2, 0.25) is 5.95 Å². The topological polar surface area (TPSA) is 56.3 Å². The maximum Gasteiger partial charge on any atom is 0.232 e. The second kappa shape index (κ2) is 7.94. The van der Waals surface area contributed by atoms with Crippen molar-refractivity contribution < 1.29 is 0 Å². The lowest BCUT2D eigenvalue weighted by atomic mass is 10.0. The van der Waals surface area contributed by atoms with E-state index in [-0.39, 0.29) is 0 Å². The van der Waals surface area contributed by atoms with E-state index < -0.39 is 0 Å². The van der Waals surface area contributed by atoms with Crippen molar-refractivity contribution in [1.29, 1.82) is 0 Å². The number of hydrogen-bond acceptors (Lipinski definition) is 5. The van der Waals surface area contributed by atoms with Crippen molar-refractivity contribution in [2.75, 3.05) is 34.8 Å². The van der Waals surface area contributed by atoms with E-state index in [0.29, 0.717) is 23.1 Å². The maximum atomic E-state index is 5.45. The molecule has 1 aromatic heterocycles. The molecule has 4 rings (SSSR count). The smallest absolute Gasteiger partial charge is 0.232 e. The molecular weight excluding hydrogens is 344 g/mol. The number of hydrogen-bond donors (Lipinski definition) is 2. The average molecular weight is 375 g/mol. The van der Waals surface area contributed by atoms with Gasteiger partial charge in [0.15, 0.2) is 5.11 Å². The predicted molar refractivity (Wildman–Crippen MR) is 111 cm³/mol. The van der Waals surface area contributed by atoms with Crippen LogP contribution in [0.15, 0.2) is 6.07 Å². The Labute approximate surface area is 161 Å². The summed E-state index contributed by atoms with van der Waals surface area (Å²) in [5.74, 6) is 2.69. The minimum Gasteiger partial charge on any atom is -0.360 e. The Bertz CT molecular complexity index is 641. The van der Waals surface area contributed by atoms with E-state index in [9.17, 15) is 0 Å². The summed E-state index contributed by atoms with van der Waals surface area (Å²) < 4.78 is 0. The van der Waals surface area contributed by atoms with Crippen molar-refractivity contribution in [3.8, 4) is 0 Å². The van der Waals surface area contributed by atoms with Crippen LogP contribution in [-0.2, 0) is 0 Å². The number of nitrogens with one attached hydrogen (secondary N) is 2. The number of thiocarbonyl (C=S) groups is 1. The molecule has 3 aliphatic rings. The van der Waals surface area contributed by atoms with Crippen molar-refractivity contribution in [3.63, 3.8) is 0 Å². The van der Waals surface area contributed by atoms with Gasteiger partial charge in [0.1, 0.15) is 11.6 Å². The fraction of sp³-hybridized carbons (Fsp3) is 0.737. The van der Waals surface area contributed by atoms with E-state index in [1.165, 1.54) is 51.4 Å². The van der Waals surface area contributed by atoms with Crippen LogP contribution < -0.4 is 20.4 Å². The zero-order valence-corrected chi connectivity index (χ0v) is 16.5. The van der Waals surface area contributed by atoms with Crippen molar-refractivity contribution >= 4 is 34.9 Å². The van der Waals surface area contributed by atoms with Crippen LogP contribution in [0.25, 0.3) is 0 Å². The van der Waals surface area contributed by atoms with E-state index in [2.05, 4.69) is 33.4 Å². The van der Waals surface area contributed by atoms with Gasteiger partial charge in [-0.3, -0.25) is 0 Å². The highest BCUT2D eigenvalue weighted by Crippen LogP contribution is 2.28. The zero-order chi connectivity index (χ0) is 17.9. The van der Waals surface area contributed by atoms with Gasteiger partial charge in [0.25, 0.3) is 0 Å². The van der Waals surface area contributed by atoms with Crippen molar-refractivity contribution in [2.24, 2.45) is 0 Å². The molecule has 1 aromatic rings. The SMILES string of the molecule is C[C@H]1CCCCN1c1cc(N2CCCCC2)nc(NC(=S)NC2CC2)n1. The number of piperidine rings is 2. The molecule has 3 heterocycles. The lowest BCUT2D eigenvalue weighted by Gasteiger charge is -2.35. The Hall–Kier alpha value is -1.63. The lowest BCUT2D eigenvalue weighted by molar-refractivity contribution is 0.481. The first-order valence-electron chi connectivity index (χ1n) is 10.2. The molecule has 0 spiro atoms. The Balaban J connectivity index is 1.58. The first kappa shape index (κ1) is 17.8. The van der Waals surface area contributed by atoms with Crippen LogP contribution in [-0.4, -0.2) is 46.8 Å². The standard InChI is InChI=1S/C19H30N6S/c1-14-7-3-6-12-25(14)17-13-16(24-10-4-2-5-11-24)21-18(22-17)23-19(26)20-15-8-9-15/h13-15H,2-12H2,1H3,(H2,20,21,22,23,26)/t14-/m0/s1. The Morgan fingerprint density at radius 3 is 2.46 bits per heavy atom. The summed E-state index contributed by atoms with van der Waals surface area (Å²) in [4.78, 5) is 14.4. The molecule has 0 unspecified atom stereocenters. The molecule has 1 atom stereocenters. The van der Waals surface area contributed by atoms with Crippen LogP contribution >= 0.6 is 12.2 Å². The van der Waals surface area contributed by atoms with Crippen LogP contribution in [0.1, 0.15) is 58.3 Å². The van der Waals surface area contributed by atoms with Crippen LogP contribution in [0.3, 0.4) is 0 Å². The molecule has 7 heteroatoms. The van der Waals surface area contributed by atoms with Crippen molar-refractivity contribution in [2.45, 2.75) is 70.4 Å². The molecule has 26 heavy (non-hydrogen) atoms. The lowest BCUT2D eigenvalue weighted by Crippen LogP contribution is -2.39. The number of rotatable bonds is 4. The van der Waals surface area contributed by atoms with Gasteiger partial charge in [-0.15, -0.1) is 0 Å². The molecule has 6 nitrogen and oxygen atoms in total. The van der Waals surface area contributed by atoms with E-state index in [1.807, 2.05) is 0 Å². The Morgan fingerprint density at radius 1 is 1.00 bits per heavy atom. The van der Waals surface area contributed by atoms with E-state index in [1.54, 1.807) is 0 Å². The molecule has 142 valence electrons. The first-order valence-corrected chi connectivity index (χ1v) is 10.6. The molecular formula is C19H30N6S. The molecule has 1 aliphatic carbocycles.